The van der Waals surface area contributed by atoms with Gasteiger partial charge in [0.2, 0.25) is 0 Å². The van der Waals surface area contributed by atoms with Gasteiger partial charge in [0.1, 0.15) is 0 Å². The lowest BCUT2D eigenvalue weighted by Gasteiger charge is -2.36. The van der Waals surface area contributed by atoms with Gasteiger partial charge in [-0.15, -0.1) is 0 Å². The summed E-state index contributed by atoms with van der Waals surface area (Å²) in [5.74, 6) is -0.332. The molecule has 6 nitrogen and oxygen atoms in total. The molecule has 1 saturated heterocycles. The molecule has 1 fully saturated rings. The molecule has 0 bridgehead atoms. The monoisotopic (exact) mass is 309 g/mol. The van der Waals surface area contributed by atoms with E-state index in [0.717, 1.165) is 19.4 Å². The first-order chi connectivity index (χ1) is 10.6. The molecule has 0 aromatic rings. The fourth-order valence-electron chi connectivity index (χ4n) is 3.18. The number of likely N-dealkylation sites (tertiary alicyclic amines) is 1. The molecule has 2 atom stereocenters. The lowest BCUT2D eigenvalue weighted by Crippen LogP contribution is -2.53. The van der Waals surface area contributed by atoms with Crippen LogP contribution in [0.15, 0.2) is 11.3 Å². The lowest BCUT2D eigenvalue weighted by molar-refractivity contribution is -0.139. The molecule has 2 amide bonds. The molecule has 2 aliphatic rings. The number of hydrogen-bond acceptors (Lipinski definition) is 4. The van der Waals surface area contributed by atoms with Crippen molar-refractivity contribution in [2.45, 2.75) is 58.5 Å². The van der Waals surface area contributed by atoms with E-state index >= 15 is 0 Å². The van der Waals surface area contributed by atoms with E-state index in [1.807, 2.05) is 6.92 Å². The Morgan fingerprint density at radius 1 is 1.36 bits per heavy atom. The molecule has 0 radical (unpaired) electrons. The molecule has 2 unspecified atom stereocenters. The van der Waals surface area contributed by atoms with E-state index in [9.17, 15) is 9.59 Å². The summed E-state index contributed by atoms with van der Waals surface area (Å²) in [5, 5.41) is 5.63. The van der Waals surface area contributed by atoms with Crippen molar-refractivity contribution in [3.05, 3.63) is 11.3 Å². The van der Waals surface area contributed by atoms with Crippen molar-refractivity contribution < 1.29 is 14.3 Å². The average molecular weight is 309 g/mol. The second kappa shape index (κ2) is 7.63. The minimum atomic E-state index is -0.332. The van der Waals surface area contributed by atoms with Crippen molar-refractivity contribution in [2.24, 2.45) is 0 Å². The second-order valence-electron chi connectivity index (χ2n) is 5.99. The molecule has 6 heteroatoms. The molecular formula is C16H27N3O3. The molecule has 0 aromatic carbocycles. The van der Waals surface area contributed by atoms with E-state index < -0.39 is 0 Å². The van der Waals surface area contributed by atoms with Crippen LogP contribution < -0.4 is 10.6 Å². The van der Waals surface area contributed by atoms with Crippen LogP contribution in [0.25, 0.3) is 0 Å². The van der Waals surface area contributed by atoms with Crippen molar-refractivity contribution >= 4 is 12.0 Å². The van der Waals surface area contributed by atoms with Gasteiger partial charge >= 0.3 is 12.0 Å². The molecule has 0 aliphatic carbocycles. The van der Waals surface area contributed by atoms with Gasteiger partial charge < -0.3 is 15.4 Å². The van der Waals surface area contributed by atoms with Crippen LogP contribution in [0, 0.1) is 0 Å². The SMILES string of the molecule is CCOC(=O)C1=C(CN2CCCCC2C)NC(=O)NC1CC. The van der Waals surface area contributed by atoms with E-state index in [0.29, 0.717) is 36.9 Å². The highest BCUT2D eigenvalue weighted by molar-refractivity contribution is 5.94. The molecular weight excluding hydrogens is 282 g/mol. The maximum absolute atomic E-state index is 12.3. The first kappa shape index (κ1) is 16.8. The molecule has 2 N–H and O–H groups in total. The highest BCUT2D eigenvalue weighted by Gasteiger charge is 2.33. The van der Waals surface area contributed by atoms with Crippen LogP contribution in [0.5, 0.6) is 0 Å². The standard InChI is InChI=1S/C16H27N3O3/c1-4-12-14(15(20)22-5-2)13(18-16(21)17-12)10-19-9-7-6-8-11(19)3/h11-12H,4-10H2,1-3H3,(H2,17,18,21). The van der Waals surface area contributed by atoms with E-state index in [4.69, 9.17) is 4.74 Å². The van der Waals surface area contributed by atoms with Crippen molar-refractivity contribution in [2.75, 3.05) is 19.7 Å². The van der Waals surface area contributed by atoms with Gasteiger partial charge in [0.25, 0.3) is 0 Å². The van der Waals surface area contributed by atoms with Crippen molar-refractivity contribution in [1.82, 2.24) is 15.5 Å². The van der Waals surface area contributed by atoms with Gasteiger partial charge in [0.05, 0.1) is 18.2 Å². The fraction of sp³-hybridized carbons (Fsp3) is 0.750. The minimum Gasteiger partial charge on any atom is -0.463 e. The average Bonchev–Trinajstić information content (AvgIpc) is 2.49. The molecule has 124 valence electrons. The quantitative estimate of drug-likeness (QED) is 0.759. The van der Waals surface area contributed by atoms with Gasteiger partial charge in [-0.25, -0.2) is 9.59 Å². The number of hydrogen-bond donors (Lipinski definition) is 2. The Bertz CT molecular complexity index is 462. The van der Waals surface area contributed by atoms with Crippen LogP contribution in [0.4, 0.5) is 4.79 Å². The maximum atomic E-state index is 12.3. The Hall–Kier alpha value is -1.56. The maximum Gasteiger partial charge on any atom is 0.337 e. The third-order valence-electron chi connectivity index (χ3n) is 4.45. The predicted octanol–water partition coefficient (Wildman–Crippen LogP) is 1.77. The zero-order valence-electron chi connectivity index (χ0n) is 13.8. The summed E-state index contributed by atoms with van der Waals surface area (Å²) >= 11 is 0. The van der Waals surface area contributed by atoms with Gasteiger partial charge in [-0.3, -0.25) is 4.90 Å². The number of carbonyl (C=O) groups excluding carboxylic acids is 2. The van der Waals surface area contributed by atoms with Gasteiger partial charge in [0.15, 0.2) is 0 Å². The summed E-state index contributed by atoms with van der Waals surface area (Å²) in [6.07, 6.45) is 4.23. The number of urea groups is 1. The zero-order valence-corrected chi connectivity index (χ0v) is 13.8. The summed E-state index contributed by atoms with van der Waals surface area (Å²) < 4.78 is 5.19. The number of esters is 1. The van der Waals surface area contributed by atoms with Gasteiger partial charge in [-0.05, 0) is 39.7 Å². The van der Waals surface area contributed by atoms with E-state index in [1.54, 1.807) is 6.92 Å². The van der Waals surface area contributed by atoms with Gasteiger partial charge in [0, 0.05) is 18.3 Å². The van der Waals surface area contributed by atoms with E-state index in [2.05, 4.69) is 22.5 Å². The fourth-order valence-corrected chi connectivity index (χ4v) is 3.18. The van der Waals surface area contributed by atoms with Crippen molar-refractivity contribution in [3.63, 3.8) is 0 Å². The molecule has 22 heavy (non-hydrogen) atoms. The third kappa shape index (κ3) is 3.80. The first-order valence-electron chi connectivity index (χ1n) is 8.28. The summed E-state index contributed by atoms with van der Waals surface area (Å²) in [4.78, 5) is 26.5. The lowest BCUT2D eigenvalue weighted by atomic mass is 9.98. The third-order valence-corrected chi connectivity index (χ3v) is 4.45. The van der Waals surface area contributed by atoms with Gasteiger partial charge in [-0.1, -0.05) is 13.3 Å². The smallest absolute Gasteiger partial charge is 0.337 e. The summed E-state index contributed by atoms with van der Waals surface area (Å²) in [6, 6.07) is -0.0426. The number of carbonyl (C=O) groups is 2. The number of rotatable bonds is 5. The summed E-state index contributed by atoms with van der Waals surface area (Å²) in [6.45, 7) is 7.88. The summed E-state index contributed by atoms with van der Waals surface area (Å²) in [7, 11) is 0. The van der Waals surface area contributed by atoms with Crippen LogP contribution in [-0.4, -0.2) is 48.7 Å². The molecule has 0 spiro atoms. The Morgan fingerprint density at radius 2 is 2.14 bits per heavy atom. The number of nitrogens with one attached hydrogen (secondary N) is 2. The van der Waals surface area contributed by atoms with E-state index in [1.165, 1.54) is 6.42 Å². The topological polar surface area (TPSA) is 70.7 Å². The molecule has 0 aromatic heterocycles. The Kier molecular flexibility index (Phi) is 5.83. The Morgan fingerprint density at radius 3 is 2.77 bits per heavy atom. The molecule has 0 saturated carbocycles. The Balaban J connectivity index is 2.26. The van der Waals surface area contributed by atoms with Crippen LogP contribution >= 0.6 is 0 Å². The van der Waals surface area contributed by atoms with Crippen LogP contribution in [0.3, 0.4) is 0 Å². The molecule has 2 heterocycles. The van der Waals surface area contributed by atoms with E-state index in [-0.39, 0.29) is 18.0 Å². The van der Waals surface area contributed by atoms with Crippen LogP contribution in [0.1, 0.15) is 46.5 Å². The number of piperidine rings is 1. The van der Waals surface area contributed by atoms with Gasteiger partial charge in [-0.2, -0.15) is 0 Å². The minimum absolute atomic E-state index is 0.237. The van der Waals surface area contributed by atoms with Crippen LogP contribution in [0.2, 0.25) is 0 Å². The highest BCUT2D eigenvalue weighted by Crippen LogP contribution is 2.22. The molecule has 2 rings (SSSR count). The zero-order chi connectivity index (χ0) is 16.1. The normalized spacial score (nSPS) is 26.4. The first-order valence-corrected chi connectivity index (χ1v) is 8.28. The second-order valence-corrected chi connectivity index (χ2v) is 5.99. The largest absolute Gasteiger partial charge is 0.463 e. The Labute approximate surface area is 132 Å². The number of ether oxygens (including phenoxy) is 1. The molecule has 2 aliphatic heterocycles. The predicted molar refractivity (Wildman–Crippen MR) is 84.3 cm³/mol. The highest BCUT2D eigenvalue weighted by atomic mass is 16.5. The number of nitrogens with zero attached hydrogens (tertiary/aromatic N) is 1. The summed E-state index contributed by atoms with van der Waals surface area (Å²) in [5.41, 5.74) is 1.27. The van der Waals surface area contributed by atoms with Crippen molar-refractivity contribution in [1.29, 1.82) is 0 Å². The van der Waals surface area contributed by atoms with Crippen LogP contribution in [-0.2, 0) is 9.53 Å². The number of amides is 2. The van der Waals surface area contributed by atoms with Crippen molar-refractivity contribution in [3.8, 4) is 0 Å².